The van der Waals surface area contributed by atoms with Crippen LogP contribution < -0.4 is 4.90 Å². The van der Waals surface area contributed by atoms with Crippen LogP contribution in [0.1, 0.15) is 0 Å². The summed E-state index contributed by atoms with van der Waals surface area (Å²) in [6.45, 7) is 10.1. The van der Waals surface area contributed by atoms with Crippen molar-refractivity contribution in [3.05, 3.63) is 43.2 Å². The zero-order valence-electron chi connectivity index (χ0n) is 10.6. The molecule has 1 rings (SSSR count). The second-order valence-corrected chi connectivity index (χ2v) is 10.5. The normalized spacial score (nSPS) is 10.8. The van der Waals surface area contributed by atoms with Gasteiger partial charge in [-0.15, -0.1) is 0 Å². The van der Waals surface area contributed by atoms with Crippen molar-refractivity contribution in [3.63, 3.8) is 0 Å². The molecule has 4 heteroatoms. The number of para-hydroxylation sites is 1. The van der Waals surface area contributed by atoms with E-state index in [1.54, 1.807) is 4.90 Å². The minimum absolute atomic E-state index is 0.367. The molecule has 0 saturated heterocycles. The van der Waals surface area contributed by atoms with E-state index >= 15 is 0 Å². The van der Waals surface area contributed by atoms with Gasteiger partial charge in [0.15, 0.2) is 0 Å². The van der Waals surface area contributed by atoms with Crippen LogP contribution in [0.3, 0.4) is 0 Å². The molecule has 0 fully saturated rings. The van der Waals surface area contributed by atoms with Crippen molar-refractivity contribution in [1.29, 1.82) is 0 Å². The summed E-state index contributed by atoms with van der Waals surface area (Å²) in [4.78, 5) is 13.6. The molecule has 0 bridgehead atoms. The Morgan fingerprint density at radius 1 is 1.35 bits per heavy atom. The Balaban J connectivity index is 2.94. The molecule has 0 aromatic heterocycles. The number of anilines is 1. The Hall–Kier alpha value is -1.55. The Morgan fingerprint density at radius 3 is 2.41 bits per heavy atom. The molecule has 0 aliphatic rings. The van der Waals surface area contributed by atoms with Crippen LogP contribution >= 0.6 is 0 Å². The first-order chi connectivity index (χ1) is 7.94. The third-order valence-electron chi connectivity index (χ3n) is 2.10. The van der Waals surface area contributed by atoms with Crippen molar-refractivity contribution < 1.29 is 9.53 Å². The van der Waals surface area contributed by atoms with E-state index in [2.05, 4.69) is 26.2 Å². The van der Waals surface area contributed by atoms with Gasteiger partial charge in [-0.2, -0.15) is 0 Å². The highest BCUT2D eigenvalue weighted by molar-refractivity contribution is 6.77. The first-order valence-corrected chi connectivity index (χ1v) is 9.29. The minimum atomic E-state index is -1.40. The maximum Gasteiger partial charge on any atom is 0.418 e. The number of hydrogen-bond donors (Lipinski definition) is 0. The van der Waals surface area contributed by atoms with Gasteiger partial charge in [-0.05, 0) is 12.1 Å². The Bertz CT molecular complexity index is 384. The standard InChI is InChI=1S/C13H19NO2Si/c1-5-16-13(15)14(11-17(2,3)4)12-9-7-6-8-10-12/h5-10H,1,11H2,2-4H3. The fourth-order valence-corrected chi connectivity index (χ4v) is 2.74. The molecule has 0 aliphatic heterocycles. The quantitative estimate of drug-likeness (QED) is 0.602. The maximum absolute atomic E-state index is 11.9. The predicted octanol–water partition coefficient (Wildman–Crippen LogP) is 3.65. The minimum Gasteiger partial charge on any atom is -0.419 e. The molecule has 17 heavy (non-hydrogen) atoms. The van der Waals surface area contributed by atoms with Crippen LogP contribution in [-0.2, 0) is 4.74 Å². The molecule has 92 valence electrons. The fraction of sp³-hybridized carbons (Fsp3) is 0.308. The van der Waals surface area contributed by atoms with Crippen LogP contribution in [0.5, 0.6) is 0 Å². The average Bonchev–Trinajstić information content (AvgIpc) is 2.26. The average molecular weight is 249 g/mol. The number of carbonyl (C=O) groups is 1. The lowest BCUT2D eigenvalue weighted by molar-refractivity contribution is 0.194. The lowest BCUT2D eigenvalue weighted by Gasteiger charge is -2.27. The van der Waals surface area contributed by atoms with Crippen molar-refractivity contribution >= 4 is 19.9 Å². The predicted molar refractivity (Wildman–Crippen MR) is 73.8 cm³/mol. The zero-order valence-corrected chi connectivity index (χ0v) is 11.6. The first-order valence-electron chi connectivity index (χ1n) is 5.58. The molecule has 0 N–H and O–H groups in total. The monoisotopic (exact) mass is 249 g/mol. The molecule has 0 heterocycles. The van der Waals surface area contributed by atoms with E-state index in [0.29, 0.717) is 0 Å². The fourth-order valence-electron chi connectivity index (χ4n) is 1.48. The topological polar surface area (TPSA) is 29.5 Å². The summed E-state index contributed by atoms with van der Waals surface area (Å²) >= 11 is 0. The van der Waals surface area contributed by atoms with Gasteiger partial charge in [-0.25, -0.2) is 4.79 Å². The van der Waals surface area contributed by atoms with Crippen molar-refractivity contribution in [3.8, 4) is 0 Å². The number of hydrogen-bond acceptors (Lipinski definition) is 2. The second-order valence-electron chi connectivity index (χ2n) is 5.03. The highest BCUT2D eigenvalue weighted by atomic mass is 28.3. The lowest BCUT2D eigenvalue weighted by atomic mass is 10.3. The summed E-state index contributed by atoms with van der Waals surface area (Å²) in [5, 5.41) is 0. The highest BCUT2D eigenvalue weighted by Crippen LogP contribution is 2.17. The van der Waals surface area contributed by atoms with Crippen LogP contribution in [0.15, 0.2) is 43.2 Å². The zero-order chi connectivity index (χ0) is 12.9. The molecule has 1 aromatic carbocycles. The van der Waals surface area contributed by atoms with E-state index in [4.69, 9.17) is 4.74 Å². The summed E-state index contributed by atoms with van der Waals surface area (Å²) in [6.07, 6.45) is 1.53. The van der Waals surface area contributed by atoms with Gasteiger partial charge in [0.1, 0.15) is 0 Å². The van der Waals surface area contributed by atoms with Gasteiger partial charge in [-0.3, -0.25) is 4.90 Å². The van der Waals surface area contributed by atoms with Crippen molar-refractivity contribution in [2.75, 3.05) is 11.1 Å². The molecule has 1 amide bonds. The third kappa shape index (κ3) is 4.44. The van der Waals surface area contributed by atoms with E-state index in [1.165, 1.54) is 6.26 Å². The van der Waals surface area contributed by atoms with Gasteiger partial charge in [0.05, 0.1) is 14.3 Å². The highest BCUT2D eigenvalue weighted by Gasteiger charge is 2.24. The van der Waals surface area contributed by atoms with Gasteiger partial charge in [0.25, 0.3) is 0 Å². The van der Waals surface area contributed by atoms with Gasteiger partial charge in [0, 0.05) is 11.9 Å². The maximum atomic E-state index is 11.9. The number of benzene rings is 1. The van der Waals surface area contributed by atoms with Crippen LogP contribution in [0.2, 0.25) is 19.6 Å². The molecule has 3 nitrogen and oxygen atoms in total. The van der Waals surface area contributed by atoms with Crippen molar-refractivity contribution in [2.24, 2.45) is 0 Å². The number of ether oxygens (including phenoxy) is 1. The van der Waals surface area contributed by atoms with Crippen LogP contribution in [0.4, 0.5) is 10.5 Å². The van der Waals surface area contributed by atoms with E-state index < -0.39 is 8.07 Å². The van der Waals surface area contributed by atoms with Crippen LogP contribution in [-0.4, -0.2) is 20.3 Å². The van der Waals surface area contributed by atoms with E-state index in [-0.39, 0.29) is 6.09 Å². The van der Waals surface area contributed by atoms with E-state index in [0.717, 1.165) is 11.9 Å². The summed E-state index contributed by atoms with van der Waals surface area (Å²) in [6, 6.07) is 9.56. The number of rotatable bonds is 4. The number of carbonyl (C=O) groups excluding carboxylic acids is 1. The third-order valence-corrected chi connectivity index (χ3v) is 3.37. The molecule has 0 atom stereocenters. The number of nitrogens with zero attached hydrogens (tertiary/aromatic N) is 1. The Kier molecular flexibility index (Phi) is 4.51. The van der Waals surface area contributed by atoms with Gasteiger partial charge >= 0.3 is 6.09 Å². The largest absolute Gasteiger partial charge is 0.419 e. The molecule has 0 spiro atoms. The summed E-state index contributed by atoms with van der Waals surface area (Å²) in [7, 11) is -1.40. The molecular weight excluding hydrogens is 230 g/mol. The Labute approximate surface area is 104 Å². The molecule has 0 saturated carbocycles. The van der Waals surface area contributed by atoms with Crippen molar-refractivity contribution in [1.82, 2.24) is 0 Å². The summed E-state index contributed by atoms with van der Waals surface area (Å²) in [5.74, 6) is 0. The smallest absolute Gasteiger partial charge is 0.418 e. The lowest BCUT2D eigenvalue weighted by Crippen LogP contribution is -2.43. The SMILES string of the molecule is C=COC(=O)N(C[Si](C)(C)C)c1ccccc1. The van der Waals surface area contributed by atoms with E-state index in [9.17, 15) is 4.79 Å². The molecule has 0 unspecified atom stereocenters. The Morgan fingerprint density at radius 2 is 1.94 bits per heavy atom. The van der Waals surface area contributed by atoms with Gasteiger partial charge in [0.2, 0.25) is 0 Å². The van der Waals surface area contributed by atoms with E-state index in [1.807, 2.05) is 30.3 Å². The molecule has 0 aliphatic carbocycles. The van der Waals surface area contributed by atoms with Gasteiger partial charge < -0.3 is 4.74 Å². The number of amides is 1. The van der Waals surface area contributed by atoms with Crippen LogP contribution in [0, 0.1) is 0 Å². The molecule has 0 radical (unpaired) electrons. The molecular formula is C13H19NO2Si. The molecule has 1 aromatic rings. The van der Waals surface area contributed by atoms with Gasteiger partial charge in [-0.1, -0.05) is 44.4 Å². The summed E-state index contributed by atoms with van der Waals surface area (Å²) < 4.78 is 4.88. The first kappa shape index (κ1) is 13.5. The second kappa shape index (κ2) is 5.68. The van der Waals surface area contributed by atoms with Crippen molar-refractivity contribution in [2.45, 2.75) is 19.6 Å². The van der Waals surface area contributed by atoms with Crippen LogP contribution in [0.25, 0.3) is 0 Å². The summed E-state index contributed by atoms with van der Waals surface area (Å²) in [5.41, 5.74) is 0.863.